The van der Waals surface area contributed by atoms with E-state index in [1.165, 1.54) is 0 Å². The van der Waals surface area contributed by atoms with Gasteiger partial charge in [-0.1, -0.05) is 26.7 Å². The van der Waals surface area contributed by atoms with E-state index in [-0.39, 0.29) is 0 Å². The van der Waals surface area contributed by atoms with Gasteiger partial charge in [-0.25, -0.2) is 4.39 Å². The van der Waals surface area contributed by atoms with Gasteiger partial charge >= 0.3 is 0 Å². The smallest absolute Gasteiger partial charge is 0.100 e. The van der Waals surface area contributed by atoms with E-state index in [1.807, 2.05) is 6.92 Å². The van der Waals surface area contributed by atoms with Crippen LogP contribution in [0.15, 0.2) is 0 Å². The highest BCUT2D eigenvalue weighted by Crippen LogP contribution is 2.07. The van der Waals surface area contributed by atoms with Crippen molar-refractivity contribution >= 4 is 0 Å². The highest BCUT2D eigenvalue weighted by Gasteiger charge is 2.00. The van der Waals surface area contributed by atoms with Gasteiger partial charge < -0.3 is 0 Å². The van der Waals surface area contributed by atoms with Gasteiger partial charge in [0.25, 0.3) is 0 Å². The minimum absolute atomic E-state index is 0.600. The van der Waals surface area contributed by atoms with Gasteiger partial charge in [0.2, 0.25) is 0 Å². The molecule has 0 saturated heterocycles. The van der Waals surface area contributed by atoms with Crippen LogP contribution in [-0.4, -0.2) is 6.17 Å². The molecule has 0 aromatic carbocycles. The Morgan fingerprint density at radius 1 is 1.50 bits per heavy atom. The summed E-state index contributed by atoms with van der Waals surface area (Å²) in [6.45, 7) is 5.56. The second-order valence-corrected chi connectivity index (χ2v) is 2.03. The van der Waals surface area contributed by atoms with Crippen LogP contribution in [0.5, 0.6) is 0 Å². The third-order valence-corrected chi connectivity index (χ3v) is 1.12. The maximum Gasteiger partial charge on any atom is 0.100 e. The van der Waals surface area contributed by atoms with Crippen LogP contribution in [0.2, 0.25) is 0 Å². The lowest BCUT2D eigenvalue weighted by Gasteiger charge is -2.01. The van der Waals surface area contributed by atoms with E-state index < -0.39 is 6.17 Å². The second-order valence-electron chi connectivity index (χ2n) is 2.03. The number of hydrogen-bond donors (Lipinski definition) is 0. The van der Waals surface area contributed by atoms with Gasteiger partial charge in [0.15, 0.2) is 0 Å². The van der Waals surface area contributed by atoms with Crippen LogP contribution in [-0.2, 0) is 0 Å². The first-order valence-electron chi connectivity index (χ1n) is 3.24. The Labute approximate surface area is 51.1 Å². The summed E-state index contributed by atoms with van der Waals surface area (Å²) in [5, 5.41) is 0. The van der Waals surface area contributed by atoms with E-state index in [0.717, 1.165) is 12.8 Å². The summed E-state index contributed by atoms with van der Waals surface area (Å²) in [6.07, 6.45) is 2.41. The zero-order valence-electron chi connectivity index (χ0n) is 5.49. The molecule has 0 fully saturated rings. The topological polar surface area (TPSA) is 0 Å². The lowest BCUT2D eigenvalue weighted by atomic mass is 10.1. The fourth-order valence-electron chi connectivity index (χ4n) is 0.679. The molecular weight excluding hydrogens is 103 g/mol. The van der Waals surface area contributed by atoms with E-state index in [4.69, 9.17) is 0 Å². The maximum absolute atomic E-state index is 12.4. The van der Waals surface area contributed by atoms with Crippen LogP contribution in [0.1, 0.15) is 32.6 Å². The lowest BCUT2D eigenvalue weighted by Crippen LogP contribution is -1.96. The molecule has 1 heteroatoms. The summed E-state index contributed by atoms with van der Waals surface area (Å²) < 4.78 is 12.4. The molecule has 0 aliphatic carbocycles. The summed E-state index contributed by atoms with van der Waals surface area (Å²) in [4.78, 5) is 0. The van der Waals surface area contributed by atoms with Crippen molar-refractivity contribution in [1.82, 2.24) is 0 Å². The van der Waals surface area contributed by atoms with E-state index in [2.05, 4.69) is 6.92 Å². The van der Waals surface area contributed by atoms with Crippen LogP contribution in [0.25, 0.3) is 0 Å². The molecule has 0 aliphatic rings. The molecule has 1 radical (unpaired) electrons. The molecule has 0 aromatic heterocycles. The van der Waals surface area contributed by atoms with Crippen molar-refractivity contribution < 1.29 is 4.39 Å². The van der Waals surface area contributed by atoms with Crippen molar-refractivity contribution in [2.24, 2.45) is 0 Å². The summed E-state index contributed by atoms with van der Waals surface area (Å²) in [7, 11) is 0. The number of alkyl halides is 1. The Balaban J connectivity index is 2.92. The molecule has 0 N–H and O–H groups in total. The van der Waals surface area contributed by atoms with Crippen molar-refractivity contribution in [1.29, 1.82) is 0 Å². The molecule has 1 atom stereocenters. The fraction of sp³-hybridized carbons (Fsp3) is 0.857. The van der Waals surface area contributed by atoms with Gasteiger partial charge in [-0.3, -0.25) is 0 Å². The quantitative estimate of drug-likeness (QED) is 0.531. The molecule has 0 spiro atoms. The average Bonchev–Trinajstić information content (AvgIpc) is 1.68. The van der Waals surface area contributed by atoms with Crippen molar-refractivity contribution in [3.63, 3.8) is 0 Å². The third kappa shape index (κ3) is 4.10. The second kappa shape index (κ2) is 5.07. The molecular formula is C7H14F. The minimum atomic E-state index is -0.600. The van der Waals surface area contributed by atoms with E-state index in [1.54, 1.807) is 0 Å². The normalized spacial score (nSPS) is 10.5. The van der Waals surface area contributed by atoms with Crippen LogP contribution in [0, 0.1) is 6.92 Å². The van der Waals surface area contributed by atoms with Gasteiger partial charge in [-0.2, -0.15) is 0 Å². The molecule has 49 valence electrons. The minimum Gasteiger partial charge on any atom is -0.247 e. The average molecular weight is 117 g/mol. The Morgan fingerprint density at radius 3 is 2.50 bits per heavy atom. The van der Waals surface area contributed by atoms with Crippen LogP contribution >= 0.6 is 0 Å². The summed E-state index contributed by atoms with van der Waals surface area (Å²) in [5.41, 5.74) is 0. The predicted octanol–water partition coefficient (Wildman–Crippen LogP) is 2.74. The fourth-order valence-corrected chi connectivity index (χ4v) is 0.679. The third-order valence-electron chi connectivity index (χ3n) is 1.12. The van der Waals surface area contributed by atoms with Crippen LogP contribution in [0.4, 0.5) is 4.39 Å². The Hall–Kier alpha value is -0.0700. The zero-order chi connectivity index (χ0) is 6.41. The van der Waals surface area contributed by atoms with Gasteiger partial charge in [-0.15, -0.1) is 0 Å². The molecule has 0 bridgehead atoms. The highest BCUT2D eigenvalue weighted by atomic mass is 19.1. The largest absolute Gasteiger partial charge is 0.247 e. The standard InChI is InChI=1S/C7H14F/c1-3-5-7(8)6-4-2/h7H,1,3-6H2,2H3/t7-/m0/s1. The first-order valence-corrected chi connectivity index (χ1v) is 3.24. The van der Waals surface area contributed by atoms with E-state index in [9.17, 15) is 4.39 Å². The maximum atomic E-state index is 12.4. The first-order chi connectivity index (χ1) is 3.81. The molecule has 0 heterocycles. The number of rotatable bonds is 4. The van der Waals surface area contributed by atoms with E-state index in [0.29, 0.717) is 12.8 Å². The first kappa shape index (κ1) is 7.93. The molecule has 0 aromatic rings. The molecule has 0 unspecified atom stereocenters. The molecule has 0 rings (SSSR count). The molecule has 0 aliphatic heterocycles. The molecule has 8 heavy (non-hydrogen) atoms. The Kier molecular flexibility index (Phi) is 5.03. The lowest BCUT2D eigenvalue weighted by molar-refractivity contribution is 0.295. The summed E-state index contributed by atoms with van der Waals surface area (Å²) >= 11 is 0. The Morgan fingerprint density at radius 2 is 2.12 bits per heavy atom. The van der Waals surface area contributed by atoms with Crippen molar-refractivity contribution in [2.75, 3.05) is 0 Å². The molecule has 0 saturated carbocycles. The summed E-state index contributed by atoms with van der Waals surface area (Å²) in [6, 6.07) is 0. The van der Waals surface area contributed by atoms with Gasteiger partial charge in [0.1, 0.15) is 6.17 Å². The number of hydrogen-bond acceptors (Lipinski definition) is 0. The zero-order valence-corrected chi connectivity index (χ0v) is 5.49. The predicted molar refractivity (Wildman–Crippen MR) is 34.4 cm³/mol. The SMILES string of the molecule is [CH2]CC[C@H](F)CCC. The highest BCUT2D eigenvalue weighted by molar-refractivity contribution is 4.54. The van der Waals surface area contributed by atoms with Gasteiger partial charge in [0.05, 0.1) is 0 Å². The van der Waals surface area contributed by atoms with Crippen molar-refractivity contribution in [2.45, 2.75) is 38.8 Å². The summed E-state index contributed by atoms with van der Waals surface area (Å²) in [5.74, 6) is 0. The molecule has 0 amide bonds. The number of halogens is 1. The van der Waals surface area contributed by atoms with Crippen molar-refractivity contribution in [3.05, 3.63) is 6.92 Å². The van der Waals surface area contributed by atoms with Gasteiger partial charge in [-0.05, 0) is 12.8 Å². The van der Waals surface area contributed by atoms with Gasteiger partial charge in [0, 0.05) is 0 Å². The van der Waals surface area contributed by atoms with Crippen molar-refractivity contribution in [3.8, 4) is 0 Å². The molecule has 0 nitrogen and oxygen atoms in total. The monoisotopic (exact) mass is 117 g/mol. The Bertz CT molecular complexity index is 37.7. The van der Waals surface area contributed by atoms with E-state index >= 15 is 0 Å². The van der Waals surface area contributed by atoms with Crippen LogP contribution < -0.4 is 0 Å². The van der Waals surface area contributed by atoms with Crippen LogP contribution in [0.3, 0.4) is 0 Å².